The molecule has 182 valence electrons. The summed E-state index contributed by atoms with van der Waals surface area (Å²) in [4.78, 5) is 32.6. The third-order valence-electron chi connectivity index (χ3n) is 7.82. The molecule has 2 N–H and O–H groups in total. The lowest BCUT2D eigenvalue weighted by Crippen LogP contribution is -2.52. The number of nitrogens with one attached hydrogen (secondary N) is 2. The van der Waals surface area contributed by atoms with Crippen LogP contribution in [0.1, 0.15) is 56.9 Å². The lowest BCUT2D eigenvalue weighted by molar-refractivity contribution is -0.125. The average molecular weight is 473 g/mol. The molecule has 2 saturated carbocycles. The van der Waals surface area contributed by atoms with Crippen LogP contribution in [-0.2, 0) is 4.79 Å². The zero-order valence-corrected chi connectivity index (χ0v) is 19.2. The molecule has 5 rings (SSSR count). The number of halogens is 2. The van der Waals surface area contributed by atoms with Gasteiger partial charge in [-0.15, -0.1) is 0 Å². The SMILES string of the molecule is CC(C(=O)Nc1ccc(OC2CC3(CCC3)C2)cn1)N1CCC(F)(F)[C@@H](c2ccc(=O)[nH]c2)C1. The molecule has 1 aliphatic heterocycles. The van der Waals surface area contributed by atoms with E-state index in [4.69, 9.17) is 4.74 Å². The maximum absolute atomic E-state index is 14.6. The maximum Gasteiger partial charge on any atom is 0.257 e. The summed E-state index contributed by atoms with van der Waals surface area (Å²) < 4.78 is 35.2. The molecular formula is C25H30F2N4O3. The number of amides is 1. The van der Waals surface area contributed by atoms with Crippen LogP contribution in [0.15, 0.2) is 41.5 Å². The molecule has 2 aromatic heterocycles. The van der Waals surface area contributed by atoms with Crippen molar-refractivity contribution < 1.29 is 18.3 Å². The smallest absolute Gasteiger partial charge is 0.257 e. The summed E-state index contributed by atoms with van der Waals surface area (Å²) in [5.41, 5.74) is 0.553. The van der Waals surface area contributed by atoms with Gasteiger partial charge in [-0.05, 0) is 55.7 Å². The Morgan fingerprint density at radius 3 is 2.65 bits per heavy atom. The van der Waals surface area contributed by atoms with Gasteiger partial charge in [-0.2, -0.15) is 0 Å². The number of pyridine rings is 2. The third-order valence-corrected chi connectivity index (χ3v) is 7.82. The van der Waals surface area contributed by atoms with E-state index in [1.807, 2.05) is 0 Å². The molecule has 1 unspecified atom stereocenters. The second-order valence-electron chi connectivity index (χ2n) is 10.1. The third kappa shape index (κ3) is 4.58. The Labute approximate surface area is 196 Å². The number of rotatable bonds is 6. The van der Waals surface area contributed by atoms with E-state index < -0.39 is 17.9 Å². The number of carbonyl (C=O) groups is 1. The molecule has 3 heterocycles. The molecule has 7 nitrogen and oxygen atoms in total. The molecule has 0 bridgehead atoms. The van der Waals surface area contributed by atoms with Crippen molar-refractivity contribution in [1.82, 2.24) is 14.9 Å². The summed E-state index contributed by atoms with van der Waals surface area (Å²) in [6, 6.07) is 5.55. The van der Waals surface area contributed by atoms with Gasteiger partial charge in [-0.1, -0.05) is 12.5 Å². The standard InChI is InChI=1S/C25H30F2N4O3/c1-16(31-10-9-25(26,27)20(15-31)17-3-6-22(32)29-13-17)23(33)30-21-5-4-18(14-28-21)34-19-11-24(12-19)7-2-8-24/h3-6,13-14,16,19-20H,2,7-12,15H2,1H3,(H,29,32)(H,28,30,33)/t16?,20-/m1/s1. The molecule has 9 heteroatoms. The van der Waals surface area contributed by atoms with Crippen LogP contribution >= 0.6 is 0 Å². The maximum atomic E-state index is 14.6. The van der Waals surface area contributed by atoms with Crippen LogP contribution in [0, 0.1) is 5.41 Å². The monoisotopic (exact) mass is 472 g/mol. The van der Waals surface area contributed by atoms with E-state index in [1.165, 1.54) is 37.6 Å². The van der Waals surface area contributed by atoms with E-state index in [0.717, 1.165) is 12.8 Å². The zero-order valence-electron chi connectivity index (χ0n) is 19.2. The lowest BCUT2D eigenvalue weighted by Gasteiger charge is -2.53. The number of piperidine rings is 1. The molecular weight excluding hydrogens is 442 g/mol. The number of ether oxygens (including phenoxy) is 1. The van der Waals surface area contributed by atoms with Gasteiger partial charge in [-0.3, -0.25) is 14.5 Å². The van der Waals surface area contributed by atoms with E-state index in [9.17, 15) is 18.4 Å². The van der Waals surface area contributed by atoms with Gasteiger partial charge in [0.15, 0.2) is 0 Å². The fourth-order valence-electron chi connectivity index (χ4n) is 5.45. The molecule has 3 fully saturated rings. The van der Waals surface area contributed by atoms with Crippen molar-refractivity contribution in [3.63, 3.8) is 0 Å². The van der Waals surface area contributed by atoms with Crippen LogP contribution in [0.5, 0.6) is 5.75 Å². The summed E-state index contributed by atoms with van der Waals surface area (Å²) in [6.45, 7) is 1.81. The van der Waals surface area contributed by atoms with Gasteiger partial charge in [0.25, 0.3) is 5.92 Å². The van der Waals surface area contributed by atoms with Crippen molar-refractivity contribution in [1.29, 1.82) is 0 Å². The fraction of sp³-hybridized carbons (Fsp3) is 0.560. The van der Waals surface area contributed by atoms with Gasteiger partial charge in [0.2, 0.25) is 11.5 Å². The van der Waals surface area contributed by atoms with Crippen LogP contribution < -0.4 is 15.6 Å². The molecule has 1 amide bonds. The second kappa shape index (κ2) is 8.76. The zero-order chi connectivity index (χ0) is 23.9. The summed E-state index contributed by atoms with van der Waals surface area (Å²) in [6.07, 6.45) is 9.00. The Morgan fingerprint density at radius 1 is 1.24 bits per heavy atom. The number of hydrogen-bond donors (Lipinski definition) is 2. The lowest BCUT2D eigenvalue weighted by atomic mass is 9.55. The number of aromatic amines is 1. The predicted octanol–water partition coefficient (Wildman–Crippen LogP) is 3.93. The first-order chi connectivity index (χ1) is 16.2. The Balaban J connectivity index is 1.16. The van der Waals surface area contributed by atoms with Crippen molar-refractivity contribution in [3.8, 4) is 5.75 Å². The highest BCUT2D eigenvalue weighted by molar-refractivity contribution is 5.93. The molecule has 1 saturated heterocycles. The van der Waals surface area contributed by atoms with Crippen LogP contribution in [0.25, 0.3) is 0 Å². The number of hydrogen-bond acceptors (Lipinski definition) is 5. The van der Waals surface area contributed by atoms with E-state index in [2.05, 4.69) is 15.3 Å². The topological polar surface area (TPSA) is 87.3 Å². The van der Waals surface area contributed by atoms with E-state index >= 15 is 0 Å². The van der Waals surface area contributed by atoms with Gasteiger partial charge in [0.1, 0.15) is 11.6 Å². The van der Waals surface area contributed by atoms with Crippen molar-refractivity contribution in [2.45, 2.75) is 69.4 Å². The summed E-state index contributed by atoms with van der Waals surface area (Å²) in [7, 11) is 0. The van der Waals surface area contributed by atoms with Gasteiger partial charge >= 0.3 is 0 Å². The normalized spacial score (nSPS) is 24.6. The first-order valence-electron chi connectivity index (χ1n) is 12.0. The Hall–Kier alpha value is -2.81. The van der Waals surface area contributed by atoms with E-state index in [0.29, 0.717) is 22.5 Å². The summed E-state index contributed by atoms with van der Waals surface area (Å²) in [5.74, 6) is -3.24. The van der Waals surface area contributed by atoms with Crippen LogP contribution in [0.3, 0.4) is 0 Å². The molecule has 34 heavy (non-hydrogen) atoms. The van der Waals surface area contributed by atoms with E-state index in [1.54, 1.807) is 30.2 Å². The molecule has 2 aromatic rings. The number of alkyl halides is 2. The summed E-state index contributed by atoms with van der Waals surface area (Å²) in [5, 5.41) is 2.78. The van der Waals surface area contributed by atoms with Crippen molar-refractivity contribution in [2.24, 2.45) is 5.41 Å². The van der Waals surface area contributed by atoms with Crippen molar-refractivity contribution >= 4 is 11.7 Å². The minimum absolute atomic E-state index is 0.0106. The van der Waals surface area contributed by atoms with Crippen LogP contribution in [-0.4, -0.2) is 51.9 Å². The highest BCUT2D eigenvalue weighted by Crippen LogP contribution is 2.56. The number of H-pyrrole nitrogens is 1. The Morgan fingerprint density at radius 2 is 2.03 bits per heavy atom. The second-order valence-corrected chi connectivity index (χ2v) is 10.1. The number of nitrogens with zero attached hydrogens (tertiary/aromatic N) is 2. The molecule has 2 atom stereocenters. The quantitative estimate of drug-likeness (QED) is 0.665. The van der Waals surface area contributed by atoms with Gasteiger partial charge < -0.3 is 15.0 Å². The largest absolute Gasteiger partial charge is 0.489 e. The molecule has 0 aromatic carbocycles. The Bertz CT molecular complexity index is 1070. The van der Waals surface area contributed by atoms with Gasteiger partial charge in [0.05, 0.1) is 24.3 Å². The molecule has 0 radical (unpaired) electrons. The number of likely N-dealkylation sites (tertiary alicyclic amines) is 1. The molecule has 1 spiro atoms. The average Bonchev–Trinajstić information content (AvgIpc) is 2.76. The number of anilines is 1. The van der Waals surface area contributed by atoms with Crippen molar-refractivity contribution in [2.75, 3.05) is 18.4 Å². The minimum atomic E-state index is -2.92. The minimum Gasteiger partial charge on any atom is -0.489 e. The molecule has 2 aliphatic carbocycles. The number of aromatic nitrogens is 2. The van der Waals surface area contributed by atoms with Gasteiger partial charge in [0, 0.05) is 31.8 Å². The predicted molar refractivity (Wildman–Crippen MR) is 123 cm³/mol. The first-order valence-corrected chi connectivity index (χ1v) is 12.0. The fourth-order valence-corrected chi connectivity index (χ4v) is 5.45. The van der Waals surface area contributed by atoms with Crippen molar-refractivity contribution in [3.05, 3.63) is 52.6 Å². The highest BCUT2D eigenvalue weighted by atomic mass is 19.3. The Kier molecular flexibility index (Phi) is 5.91. The highest BCUT2D eigenvalue weighted by Gasteiger charge is 2.49. The summed E-state index contributed by atoms with van der Waals surface area (Å²) >= 11 is 0. The van der Waals surface area contributed by atoms with Crippen LogP contribution in [0.4, 0.5) is 14.6 Å². The van der Waals surface area contributed by atoms with E-state index in [-0.39, 0.29) is 37.1 Å². The van der Waals surface area contributed by atoms with Gasteiger partial charge in [-0.25, -0.2) is 13.8 Å². The van der Waals surface area contributed by atoms with Crippen LogP contribution in [0.2, 0.25) is 0 Å². The first kappa shape index (κ1) is 23.0. The number of carbonyl (C=O) groups excluding carboxylic acids is 1. The molecule has 3 aliphatic rings.